The summed E-state index contributed by atoms with van der Waals surface area (Å²) in [5, 5.41) is 0. The quantitative estimate of drug-likeness (QED) is 0.873. The van der Waals surface area contributed by atoms with Crippen molar-refractivity contribution in [2.24, 2.45) is 5.73 Å². The van der Waals surface area contributed by atoms with Crippen molar-refractivity contribution in [3.05, 3.63) is 34.4 Å². The first-order chi connectivity index (χ1) is 9.70. The van der Waals surface area contributed by atoms with Crippen LogP contribution in [0, 0.1) is 6.92 Å². The molecule has 0 radical (unpaired) electrons. The number of aromatic nitrogens is 3. The summed E-state index contributed by atoms with van der Waals surface area (Å²) in [5.74, 6) is -0.910. The zero-order valence-electron chi connectivity index (χ0n) is 11.2. The van der Waals surface area contributed by atoms with Gasteiger partial charge >= 0.3 is 6.18 Å². The number of carbonyl (C=O) groups is 1. The number of hydrogen-bond acceptors (Lipinski definition) is 3. The third-order valence-corrected chi connectivity index (χ3v) is 3.46. The second-order valence-corrected chi connectivity index (χ2v) is 5.03. The van der Waals surface area contributed by atoms with Crippen molar-refractivity contribution >= 4 is 17.3 Å². The van der Waals surface area contributed by atoms with E-state index in [0.717, 1.165) is 0 Å². The summed E-state index contributed by atoms with van der Waals surface area (Å²) in [6.45, 7) is 3.26. The largest absolute Gasteiger partial charge is 0.434 e. The van der Waals surface area contributed by atoms with Gasteiger partial charge in [0.15, 0.2) is 5.69 Å². The summed E-state index contributed by atoms with van der Waals surface area (Å²) in [6, 6.07) is 0. The molecule has 0 spiro atoms. The fourth-order valence-electron chi connectivity index (χ4n) is 2.70. The number of nitrogens with two attached hydrogens (primary N) is 1. The molecule has 0 atom stereocenters. The molecule has 2 N–H and O–H groups in total. The van der Waals surface area contributed by atoms with Crippen LogP contribution in [-0.4, -0.2) is 20.3 Å². The number of carbonyl (C=O) groups excluding carboxylic acids is 1. The summed E-state index contributed by atoms with van der Waals surface area (Å²) in [6.07, 6.45) is -2.87. The van der Waals surface area contributed by atoms with Gasteiger partial charge < -0.3 is 5.73 Å². The Morgan fingerprint density at radius 3 is 2.57 bits per heavy atom. The van der Waals surface area contributed by atoms with E-state index in [-0.39, 0.29) is 23.3 Å². The van der Waals surface area contributed by atoms with E-state index in [0.29, 0.717) is 17.0 Å². The molecule has 5 nitrogen and oxygen atoms in total. The number of imidazole rings is 1. The molecule has 1 aliphatic carbocycles. The van der Waals surface area contributed by atoms with Gasteiger partial charge in [-0.1, -0.05) is 5.57 Å². The van der Waals surface area contributed by atoms with Gasteiger partial charge in [0.1, 0.15) is 0 Å². The van der Waals surface area contributed by atoms with Crippen molar-refractivity contribution in [3.63, 3.8) is 0 Å². The van der Waals surface area contributed by atoms with Crippen LogP contribution in [0.3, 0.4) is 0 Å². The van der Waals surface area contributed by atoms with E-state index in [1.54, 1.807) is 20.0 Å². The molecule has 110 valence electrons. The molecule has 0 saturated heterocycles. The van der Waals surface area contributed by atoms with Crippen LogP contribution >= 0.6 is 0 Å². The molecule has 2 aromatic rings. The third-order valence-electron chi connectivity index (χ3n) is 3.46. The Morgan fingerprint density at radius 2 is 2.00 bits per heavy atom. The lowest BCUT2D eigenvalue weighted by Gasteiger charge is -2.13. The molecule has 0 fully saturated rings. The van der Waals surface area contributed by atoms with E-state index in [1.807, 2.05) is 0 Å². The molecule has 1 amide bonds. The summed E-state index contributed by atoms with van der Waals surface area (Å²) in [7, 11) is 0. The van der Waals surface area contributed by atoms with Gasteiger partial charge in [0.05, 0.1) is 5.69 Å². The molecule has 0 unspecified atom stereocenters. The molecule has 1 aliphatic rings. The van der Waals surface area contributed by atoms with Gasteiger partial charge in [-0.15, -0.1) is 0 Å². The van der Waals surface area contributed by atoms with E-state index >= 15 is 0 Å². The zero-order chi connectivity index (χ0) is 15.5. The maximum atomic E-state index is 13.3. The number of primary amides is 1. The SMILES string of the molecule is CC1=C(C(N)=O)c2c(C(F)(F)F)nc3nc(C)cn3c2C1. The first-order valence-corrected chi connectivity index (χ1v) is 6.16. The van der Waals surface area contributed by atoms with Crippen molar-refractivity contribution in [3.8, 4) is 0 Å². The lowest BCUT2D eigenvalue weighted by molar-refractivity contribution is -0.141. The highest BCUT2D eigenvalue weighted by molar-refractivity contribution is 6.21. The maximum absolute atomic E-state index is 13.3. The zero-order valence-corrected chi connectivity index (χ0v) is 11.2. The number of fused-ring (bicyclic) bond motifs is 3. The highest BCUT2D eigenvalue weighted by atomic mass is 19.4. The Labute approximate surface area is 117 Å². The first-order valence-electron chi connectivity index (χ1n) is 6.16. The van der Waals surface area contributed by atoms with Crippen LogP contribution in [0.1, 0.15) is 29.6 Å². The van der Waals surface area contributed by atoms with E-state index in [1.165, 1.54) is 4.40 Å². The number of amides is 1. The van der Waals surface area contributed by atoms with Crippen LogP contribution < -0.4 is 5.73 Å². The van der Waals surface area contributed by atoms with Crippen LogP contribution in [0.15, 0.2) is 11.8 Å². The van der Waals surface area contributed by atoms with Crippen molar-refractivity contribution in [1.29, 1.82) is 0 Å². The predicted octanol–water partition coefficient (Wildman–Crippen LogP) is 1.87. The van der Waals surface area contributed by atoms with E-state index in [9.17, 15) is 18.0 Å². The standard InChI is InChI=1S/C13H11F3N4O/c1-5-3-7-9(8(5)11(17)21)10(13(14,15)16)19-12-18-6(2)4-20(7)12/h4H,3H2,1-2H3,(H2,17,21). The molecule has 0 aliphatic heterocycles. The highest BCUT2D eigenvalue weighted by Crippen LogP contribution is 2.41. The van der Waals surface area contributed by atoms with Crippen LogP contribution in [0.2, 0.25) is 0 Å². The summed E-state index contributed by atoms with van der Waals surface area (Å²) < 4.78 is 41.3. The number of halogens is 3. The Morgan fingerprint density at radius 1 is 1.33 bits per heavy atom. The minimum Gasteiger partial charge on any atom is -0.366 e. The number of allylic oxidation sites excluding steroid dienone is 1. The predicted molar refractivity (Wildman–Crippen MR) is 68.2 cm³/mol. The van der Waals surface area contributed by atoms with Gasteiger partial charge in [0.25, 0.3) is 0 Å². The van der Waals surface area contributed by atoms with Crippen molar-refractivity contribution in [2.75, 3.05) is 0 Å². The third kappa shape index (κ3) is 1.90. The molecular formula is C13H11F3N4O. The number of alkyl halides is 3. The van der Waals surface area contributed by atoms with Crippen LogP contribution in [-0.2, 0) is 17.4 Å². The maximum Gasteiger partial charge on any atom is 0.434 e. The van der Waals surface area contributed by atoms with Crippen LogP contribution in [0.25, 0.3) is 11.4 Å². The lowest BCUT2D eigenvalue weighted by atomic mass is 10.0. The Hall–Kier alpha value is -2.38. The molecular weight excluding hydrogens is 285 g/mol. The number of rotatable bonds is 1. The normalized spacial score (nSPS) is 14.9. The van der Waals surface area contributed by atoms with Crippen LogP contribution in [0.5, 0.6) is 0 Å². The minimum atomic E-state index is -4.68. The summed E-state index contributed by atoms with van der Waals surface area (Å²) >= 11 is 0. The Bertz CT molecular complexity index is 817. The highest BCUT2D eigenvalue weighted by Gasteiger charge is 2.41. The average Bonchev–Trinajstić information content (AvgIpc) is 2.85. The van der Waals surface area contributed by atoms with Crippen molar-refractivity contribution < 1.29 is 18.0 Å². The Kier molecular flexibility index (Phi) is 2.63. The second-order valence-electron chi connectivity index (χ2n) is 5.03. The average molecular weight is 296 g/mol. The summed E-state index contributed by atoms with van der Waals surface area (Å²) in [5.41, 5.74) is 5.21. The molecule has 2 heterocycles. The minimum absolute atomic E-state index is 0.0305. The molecule has 0 saturated carbocycles. The van der Waals surface area contributed by atoms with Gasteiger partial charge in [0.2, 0.25) is 11.7 Å². The smallest absolute Gasteiger partial charge is 0.366 e. The number of nitrogens with zero attached hydrogens (tertiary/aromatic N) is 3. The monoisotopic (exact) mass is 296 g/mol. The molecule has 8 heteroatoms. The molecule has 21 heavy (non-hydrogen) atoms. The topological polar surface area (TPSA) is 73.3 Å². The van der Waals surface area contributed by atoms with Gasteiger partial charge in [-0.2, -0.15) is 13.2 Å². The Balaban J connectivity index is 2.45. The van der Waals surface area contributed by atoms with E-state index < -0.39 is 17.8 Å². The fourth-order valence-corrected chi connectivity index (χ4v) is 2.70. The molecule has 0 aromatic carbocycles. The summed E-state index contributed by atoms with van der Waals surface area (Å²) in [4.78, 5) is 19.1. The lowest BCUT2D eigenvalue weighted by Crippen LogP contribution is -2.19. The first kappa shape index (κ1) is 13.6. The second kappa shape index (κ2) is 4.06. The van der Waals surface area contributed by atoms with Gasteiger partial charge in [-0.25, -0.2) is 9.97 Å². The van der Waals surface area contributed by atoms with Crippen molar-refractivity contribution in [2.45, 2.75) is 26.4 Å². The van der Waals surface area contributed by atoms with Gasteiger partial charge in [0, 0.05) is 29.4 Å². The van der Waals surface area contributed by atoms with Gasteiger partial charge in [-0.3, -0.25) is 9.20 Å². The number of hydrogen-bond donors (Lipinski definition) is 1. The molecule has 2 aromatic heterocycles. The van der Waals surface area contributed by atoms with Crippen molar-refractivity contribution in [1.82, 2.24) is 14.4 Å². The van der Waals surface area contributed by atoms with Gasteiger partial charge in [-0.05, 0) is 13.8 Å². The fraction of sp³-hybridized carbons (Fsp3) is 0.308. The van der Waals surface area contributed by atoms with E-state index in [4.69, 9.17) is 5.73 Å². The number of aryl methyl sites for hydroxylation is 1. The molecule has 0 bridgehead atoms. The molecule has 3 rings (SSSR count). The van der Waals surface area contributed by atoms with E-state index in [2.05, 4.69) is 9.97 Å². The van der Waals surface area contributed by atoms with Crippen LogP contribution in [0.4, 0.5) is 13.2 Å².